The van der Waals surface area contributed by atoms with E-state index in [2.05, 4.69) is 5.32 Å². The van der Waals surface area contributed by atoms with Crippen LogP contribution >= 0.6 is 0 Å². The third-order valence-electron chi connectivity index (χ3n) is 2.18. The smallest absolute Gasteiger partial charge is 0.293 e. The average Bonchev–Trinajstić information content (AvgIpc) is 2.28. The maximum atomic E-state index is 10.9. The molecule has 0 aliphatic heterocycles. The van der Waals surface area contributed by atoms with Gasteiger partial charge in [-0.2, -0.15) is 0 Å². The number of nitro groups is 1. The zero-order chi connectivity index (χ0) is 13.7. The minimum Gasteiger partial charge on any atom is -0.379 e. The average molecular weight is 271 g/mol. The maximum Gasteiger partial charge on any atom is 0.293 e. The van der Waals surface area contributed by atoms with Gasteiger partial charge in [0.15, 0.2) is 0 Å². The molecule has 1 aromatic carbocycles. The van der Waals surface area contributed by atoms with Gasteiger partial charge >= 0.3 is 0 Å². The fraction of sp³-hybridized carbons (Fsp3) is 0.300. The lowest BCUT2D eigenvalue weighted by molar-refractivity contribution is -0.384. The Morgan fingerprint density at radius 3 is 2.72 bits per heavy atom. The Bertz CT molecular complexity index is 504. The molecular weight excluding hydrogens is 258 g/mol. The van der Waals surface area contributed by atoms with Gasteiger partial charge in [0.2, 0.25) is 5.91 Å². The number of amides is 1. The van der Waals surface area contributed by atoms with Crippen LogP contribution in [0.2, 0.25) is 0 Å². The lowest BCUT2D eigenvalue weighted by Crippen LogP contribution is -2.13. The largest absolute Gasteiger partial charge is 0.379 e. The van der Waals surface area contributed by atoms with Crippen molar-refractivity contribution in [3.63, 3.8) is 0 Å². The highest BCUT2D eigenvalue weighted by molar-refractivity contribution is 7.84. The molecule has 1 amide bonds. The van der Waals surface area contributed by atoms with Crippen LogP contribution in [0.15, 0.2) is 18.2 Å². The fourth-order valence-electron chi connectivity index (χ4n) is 1.31. The summed E-state index contributed by atoms with van der Waals surface area (Å²) in [5, 5.41) is 13.7. The first kappa shape index (κ1) is 14.1. The number of hydrogen-bond acceptors (Lipinski definition) is 5. The summed E-state index contributed by atoms with van der Waals surface area (Å²) in [5.41, 5.74) is 5.17. The summed E-state index contributed by atoms with van der Waals surface area (Å²) in [6.07, 6.45) is 1.55. The molecule has 1 atom stereocenters. The quantitative estimate of drug-likeness (QED) is 0.577. The van der Waals surface area contributed by atoms with E-state index < -0.39 is 21.6 Å². The molecule has 0 bridgehead atoms. The van der Waals surface area contributed by atoms with Crippen LogP contribution in [0.4, 0.5) is 11.4 Å². The number of primary amides is 1. The van der Waals surface area contributed by atoms with Crippen LogP contribution in [0.25, 0.3) is 0 Å². The molecule has 7 nitrogen and oxygen atoms in total. The first-order chi connectivity index (χ1) is 8.41. The first-order valence-corrected chi connectivity index (χ1v) is 6.76. The molecule has 98 valence electrons. The topological polar surface area (TPSA) is 115 Å². The minimum absolute atomic E-state index is 0.0753. The van der Waals surface area contributed by atoms with E-state index in [9.17, 15) is 19.1 Å². The van der Waals surface area contributed by atoms with Crippen LogP contribution < -0.4 is 11.1 Å². The van der Waals surface area contributed by atoms with E-state index in [1.54, 1.807) is 6.26 Å². The number of hydrogen-bond donors (Lipinski definition) is 2. The summed E-state index contributed by atoms with van der Waals surface area (Å²) in [7, 11) is -0.975. The molecule has 0 saturated heterocycles. The molecule has 1 unspecified atom stereocenters. The van der Waals surface area contributed by atoms with Gasteiger partial charge in [-0.1, -0.05) is 0 Å². The van der Waals surface area contributed by atoms with Gasteiger partial charge in [-0.15, -0.1) is 0 Å². The standard InChI is InChI=1S/C10H13N3O4S/c1-18(17)5-4-12-8-3-2-7(10(11)14)6-9(8)13(15)16/h2-3,6,12H,4-5H2,1H3,(H2,11,14). The molecule has 0 fully saturated rings. The van der Waals surface area contributed by atoms with E-state index in [0.717, 1.165) is 6.07 Å². The van der Waals surface area contributed by atoms with Crippen molar-refractivity contribution >= 4 is 28.1 Å². The van der Waals surface area contributed by atoms with Crippen molar-refractivity contribution < 1.29 is 13.9 Å². The van der Waals surface area contributed by atoms with Crippen LogP contribution in [0.5, 0.6) is 0 Å². The van der Waals surface area contributed by atoms with Crippen molar-refractivity contribution in [3.05, 3.63) is 33.9 Å². The summed E-state index contributed by atoms with van der Waals surface area (Å²) in [4.78, 5) is 21.2. The van der Waals surface area contributed by atoms with Gasteiger partial charge in [0.05, 0.1) is 4.92 Å². The molecule has 0 radical (unpaired) electrons. The Hall–Kier alpha value is -1.96. The van der Waals surface area contributed by atoms with E-state index in [-0.39, 0.29) is 16.9 Å². The Morgan fingerprint density at radius 2 is 2.22 bits per heavy atom. The normalized spacial score (nSPS) is 11.8. The number of carbonyl (C=O) groups is 1. The Kier molecular flexibility index (Phi) is 4.78. The van der Waals surface area contributed by atoms with Gasteiger partial charge in [-0.25, -0.2) is 0 Å². The monoisotopic (exact) mass is 271 g/mol. The highest BCUT2D eigenvalue weighted by Gasteiger charge is 2.16. The number of nitrogens with two attached hydrogens (primary N) is 1. The van der Waals surface area contributed by atoms with Crippen molar-refractivity contribution in [3.8, 4) is 0 Å². The molecule has 1 aromatic rings. The van der Waals surface area contributed by atoms with Gasteiger partial charge in [-0.3, -0.25) is 19.1 Å². The van der Waals surface area contributed by atoms with Crippen LogP contribution in [0, 0.1) is 10.1 Å². The van der Waals surface area contributed by atoms with Crippen molar-refractivity contribution in [1.29, 1.82) is 0 Å². The molecule has 8 heteroatoms. The molecular formula is C10H13N3O4S. The molecule has 0 aliphatic rings. The minimum atomic E-state index is -0.975. The predicted molar refractivity (Wildman–Crippen MR) is 69.0 cm³/mol. The fourth-order valence-corrected chi connectivity index (χ4v) is 1.70. The lowest BCUT2D eigenvalue weighted by Gasteiger charge is -2.06. The summed E-state index contributed by atoms with van der Waals surface area (Å²) < 4.78 is 10.9. The molecule has 0 aromatic heterocycles. The van der Waals surface area contributed by atoms with E-state index in [1.165, 1.54) is 12.1 Å². The van der Waals surface area contributed by atoms with Gasteiger partial charge < -0.3 is 11.1 Å². The summed E-state index contributed by atoms with van der Waals surface area (Å²) in [6.45, 7) is 0.347. The second-order valence-corrected chi connectivity index (χ2v) is 5.11. The molecule has 0 spiro atoms. The van der Waals surface area contributed by atoms with Crippen LogP contribution in [0.1, 0.15) is 10.4 Å². The number of rotatable bonds is 6. The predicted octanol–water partition coefficient (Wildman–Crippen LogP) is 0.484. The molecule has 18 heavy (non-hydrogen) atoms. The Balaban J connectivity index is 2.93. The second-order valence-electron chi connectivity index (χ2n) is 3.56. The molecule has 1 rings (SSSR count). The number of anilines is 1. The van der Waals surface area contributed by atoms with Gasteiger partial charge in [0, 0.05) is 41.0 Å². The van der Waals surface area contributed by atoms with Crippen LogP contribution in [0.3, 0.4) is 0 Å². The number of nitrogens with zero attached hydrogens (tertiary/aromatic N) is 1. The number of carbonyl (C=O) groups excluding carboxylic acids is 1. The molecule has 0 heterocycles. The van der Waals surface area contributed by atoms with E-state index in [1.807, 2.05) is 0 Å². The van der Waals surface area contributed by atoms with Crippen molar-refractivity contribution in [2.75, 3.05) is 23.9 Å². The third-order valence-corrected chi connectivity index (χ3v) is 2.96. The van der Waals surface area contributed by atoms with Gasteiger partial charge in [0.25, 0.3) is 5.69 Å². The zero-order valence-electron chi connectivity index (χ0n) is 9.71. The van der Waals surface area contributed by atoms with Crippen molar-refractivity contribution in [2.45, 2.75) is 0 Å². The number of benzene rings is 1. The maximum absolute atomic E-state index is 10.9. The van der Waals surface area contributed by atoms with Crippen LogP contribution in [-0.2, 0) is 10.8 Å². The number of nitrogens with one attached hydrogen (secondary N) is 1. The highest BCUT2D eigenvalue weighted by Crippen LogP contribution is 2.25. The summed E-state index contributed by atoms with van der Waals surface area (Å²) in [6, 6.07) is 3.94. The SMILES string of the molecule is CS(=O)CCNc1ccc(C(N)=O)cc1[N+](=O)[O-]. The van der Waals surface area contributed by atoms with E-state index >= 15 is 0 Å². The first-order valence-electron chi connectivity index (χ1n) is 5.04. The second kappa shape index (κ2) is 6.10. The van der Waals surface area contributed by atoms with Gasteiger partial charge in [-0.05, 0) is 12.1 Å². The van der Waals surface area contributed by atoms with Gasteiger partial charge in [0.1, 0.15) is 5.69 Å². The Morgan fingerprint density at radius 1 is 1.56 bits per heavy atom. The number of nitro benzene ring substituents is 1. The van der Waals surface area contributed by atoms with E-state index in [0.29, 0.717) is 12.3 Å². The molecule has 0 saturated carbocycles. The molecule has 0 aliphatic carbocycles. The summed E-state index contributed by atoms with van der Waals surface area (Å²) in [5.74, 6) is -0.339. The Labute approximate surface area is 106 Å². The molecule has 3 N–H and O–H groups in total. The van der Waals surface area contributed by atoms with Crippen molar-refractivity contribution in [2.24, 2.45) is 5.73 Å². The zero-order valence-corrected chi connectivity index (χ0v) is 10.5. The van der Waals surface area contributed by atoms with Crippen LogP contribution in [-0.4, -0.2) is 33.6 Å². The van der Waals surface area contributed by atoms with E-state index in [4.69, 9.17) is 5.73 Å². The highest BCUT2D eigenvalue weighted by atomic mass is 32.2. The summed E-state index contributed by atoms with van der Waals surface area (Å²) >= 11 is 0. The lowest BCUT2D eigenvalue weighted by atomic mass is 10.1. The van der Waals surface area contributed by atoms with Crippen molar-refractivity contribution in [1.82, 2.24) is 0 Å². The third kappa shape index (κ3) is 3.81.